The predicted octanol–water partition coefficient (Wildman–Crippen LogP) is 3.79. The normalized spacial score (nSPS) is 11.0. The fourth-order valence-electron chi connectivity index (χ4n) is 3.35. The van der Waals surface area contributed by atoms with E-state index < -0.39 is 11.8 Å². The summed E-state index contributed by atoms with van der Waals surface area (Å²) in [5.74, 6) is -1.80. The van der Waals surface area contributed by atoms with E-state index in [1.807, 2.05) is 0 Å². The van der Waals surface area contributed by atoms with Crippen LogP contribution in [0.5, 0.6) is 11.5 Å². The van der Waals surface area contributed by atoms with Crippen LogP contribution >= 0.6 is 0 Å². The number of ether oxygens (including phenoxy) is 1. The van der Waals surface area contributed by atoms with Crippen LogP contribution in [0.1, 0.15) is 26.3 Å². The Kier molecular flexibility index (Phi) is 4.38. The maximum absolute atomic E-state index is 15.2. The third-order valence-corrected chi connectivity index (χ3v) is 4.77. The van der Waals surface area contributed by atoms with Crippen LogP contribution in [-0.2, 0) is 0 Å². The van der Waals surface area contributed by atoms with Gasteiger partial charge in [0, 0.05) is 30.3 Å². The molecule has 0 bridgehead atoms. The molecule has 0 unspecified atom stereocenters. The van der Waals surface area contributed by atoms with Crippen LogP contribution in [0.25, 0.3) is 16.3 Å². The molecule has 0 spiro atoms. The van der Waals surface area contributed by atoms with Crippen LogP contribution in [0.3, 0.4) is 0 Å². The van der Waals surface area contributed by atoms with Crippen molar-refractivity contribution in [2.45, 2.75) is 6.92 Å². The lowest BCUT2D eigenvalue weighted by Gasteiger charge is -2.12. The molecule has 8 heteroatoms. The molecule has 29 heavy (non-hydrogen) atoms. The Morgan fingerprint density at radius 2 is 1.90 bits per heavy atom. The largest absolute Gasteiger partial charge is 0.478 e. The van der Waals surface area contributed by atoms with Crippen LogP contribution in [0, 0.1) is 12.7 Å². The van der Waals surface area contributed by atoms with Gasteiger partial charge in [0.1, 0.15) is 5.52 Å². The maximum Gasteiger partial charge on any atom is 0.337 e. The highest BCUT2D eigenvalue weighted by Crippen LogP contribution is 2.34. The van der Waals surface area contributed by atoms with Gasteiger partial charge in [0.05, 0.1) is 11.8 Å². The average molecular weight is 393 g/mol. The van der Waals surface area contributed by atoms with Gasteiger partial charge in [-0.1, -0.05) is 12.1 Å². The lowest BCUT2D eigenvalue weighted by atomic mass is 10.0. The summed E-state index contributed by atoms with van der Waals surface area (Å²) in [4.78, 5) is 23.4. The number of hydrogen-bond acceptors (Lipinski definition) is 4. The molecule has 4 aromatic rings. The van der Waals surface area contributed by atoms with Crippen LogP contribution in [0.15, 0.2) is 48.8 Å². The highest BCUT2D eigenvalue weighted by atomic mass is 19.1. The summed E-state index contributed by atoms with van der Waals surface area (Å²) in [7, 11) is 1.51. The van der Waals surface area contributed by atoms with E-state index in [0.717, 1.165) is 0 Å². The molecular weight excluding hydrogens is 377 g/mol. The summed E-state index contributed by atoms with van der Waals surface area (Å²) in [5, 5.41) is 16.7. The lowest BCUT2D eigenvalue weighted by molar-refractivity contribution is 0.0696. The number of aromatic nitrogens is 2. The van der Waals surface area contributed by atoms with Gasteiger partial charge < -0.3 is 15.2 Å². The molecule has 2 aromatic heterocycles. The average Bonchev–Trinajstić information content (AvgIpc) is 3.07. The molecule has 0 atom stereocenters. The number of nitrogens with zero attached hydrogens (tertiary/aromatic N) is 2. The van der Waals surface area contributed by atoms with E-state index in [1.165, 1.54) is 30.0 Å². The second kappa shape index (κ2) is 6.90. The van der Waals surface area contributed by atoms with Crippen molar-refractivity contribution in [1.82, 2.24) is 14.9 Å². The number of fused-ring (bicyclic) bond motifs is 2. The van der Waals surface area contributed by atoms with Crippen molar-refractivity contribution in [3.8, 4) is 11.5 Å². The minimum atomic E-state index is -1.09. The molecular formula is C21H16FN3O4. The Morgan fingerprint density at radius 3 is 2.62 bits per heavy atom. The van der Waals surface area contributed by atoms with Gasteiger partial charge in [-0.25, -0.2) is 13.7 Å². The summed E-state index contributed by atoms with van der Waals surface area (Å²) in [6.45, 7) is 1.64. The Labute approximate surface area is 164 Å². The topological polar surface area (TPSA) is 92.9 Å². The van der Waals surface area contributed by atoms with Crippen LogP contribution in [-0.4, -0.2) is 33.6 Å². The number of amides is 1. The first-order valence-electron chi connectivity index (χ1n) is 8.73. The van der Waals surface area contributed by atoms with Gasteiger partial charge >= 0.3 is 5.97 Å². The fourth-order valence-corrected chi connectivity index (χ4v) is 3.35. The minimum Gasteiger partial charge on any atom is -0.478 e. The molecule has 2 N–H and O–H groups in total. The first-order valence-corrected chi connectivity index (χ1v) is 8.73. The molecule has 2 heterocycles. The predicted molar refractivity (Wildman–Crippen MR) is 104 cm³/mol. The fraction of sp³-hybridized carbons (Fsp3) is 0.0952. The van der Waals surface area contributed by atoms with Gasteiger partial charge in [0.2, 0.25) is 0 Å². The van der Waals surface area contributed by atoms with Gasteiger partial charge in [-0.05, 0) is 36.1 Å². The summed E-state index contributed by atoms with van der Waals surface area (Å²) < 4.78 is 22.4. The van der Waals surface area contributed by atoms with Crippen molar-refractivity contribution in [1.29, 1.82) is 0 Å². The number of carboxylic acids is 1. The molecule has 146 valence electrons. The monoisotopic (exact) mass is 393 g/mol. The van der Waals surface area contributed by atoms with Crippen LogP contribution in [0.4, 0.5) is 4.39 Å². The second-order valence-electron chi connectivity index (χ2n) is 6.42. The first-order chi connectivity index (χ1) is 13.9. The minimum absolute atomic E-state index is 0.0443. The van der Waals surface area contributed by atoms with E-state index in [-0.39, 0.29) is 28.4 Å². The van der Waals surface area contributed by atoms with Gasteiger partial charge in [-0.15, -0.1) is 0 Å². The Morgan fingerprint density at radius 1 is 1.10 bits per heavy atom. The number of benzene rings is 2. The van der Waals surface area contributed by atoms with E-state index in [0.29, 0.717) is 22.0 Å². The summed E-state index contributed by atoms with van der Waals surface area (Å²) in [5.41, 5.74) is 1.34. The van der Waals surface area contributed by atoms with Crippen molar-refractivity contribution in [3.63, 3.8) is 0 Å². The van der Waals surface area contributed by atoms with E-state index in [2.05, 4.69) is 10.4 Å². The number of aromatic carboxylic acids is 1. The van der Waals surface area contributed by atoms with Crippen molar-refractivity contribution >= 4 is 28.2 Å². The molecule has 0 aliphatic heterocycles. The van der Waals surface area contributed by atoms with Crippen molar-refractivity contribution in [2.75, 3.05) is 7.05 Å². The van der Waals surface area contributed by atoms with Crippen molar-refractivity contribution < 1.29 is 23.8 Å². The molecule has 2 aromatic carbocycles. The highest BCUT2D eigenvalue weighted by Gasteiger charge is 2.19. The van der Waals surface area contributed by atoms with E-state index in [4.69, 9.17) is 4.74 Å². The summed E-state index contributed by atoms with van der Waals surface area (Å²) >= 11 is 0. The smallest absolute Gasteiger partial charge is 0.337 e. The number of hydrogen-bond donors (Lipinski definition) is 2. The summed E-state index contributed by atoms with van der Waals surface area (Å²) in [6, 6.07) is 9.38. The number of aryl methyl sites for hydroxylation is 1. The molecule has 0 fully saturated rings. The second-order valence-corrected chi connectivity index (χ2v) is 6.42. The molecule has 0 aliphatic rings. The lowest BCUT2D eigenvalue weighted by Crippen LogP contribution is -2.18. The third kappa shape index (κ3) is 2.94. The number of carbonyl (C=O) groups is 2. The Hall–Kier alpha value is -3.94. The van der Waals surface area contributed by atoms with Gasteiger partial charge in [0.15, 0.2) is 17.3 Å². The first kappa shape index (κ1) is 18.4. The van der Waals surface area contributed by atoms with Crippen molar-refractivity contribution in [3.05, 3.63) is 71.3 Å². The van der Waals surface area contributed by atoms with Crippen molar-refractivity contribution in [2.24, 2.45) is 0 Å². The standard InChI is InChI=1S/C21H16FN3O4/c1-11-15(21(27)28)10-25-19(11)17(8-9-24-25)29-16-7-6-12-13(18(16)22)4-3-5-14(12)20(26)23-2/h3-10H,1-2H3,(H,23,26)(H,27,28). The molecule has 0 saturated carbocycles. The number of rotatable bonds is 4. The number of halogens is 1. The van der Waals surface area contributed by atoms with Crippen LogP contribution in [0.2, 0.25) is 0 Å². The Bertz CT molecular complexity index is 1300. The summed E-state index contributed by atoms with van der Waals surface area (Å²) in [6.07, 6.45) is 2.82. The molecule has 0 aliphatic carbocycles. The van der Waals surface area contributed by atoms with Gasteiger partial charge in [-0.2, -0.15) is 5.10 Å². The zero-order chi connectivity index (χ0) is 20.7. The van der Waals surface area contributed by atoms with Crippen LogP contribution < -0.4 is 10.1 Å². The SMILES string of the molecule is CNC(=O)c1cccc2c(F)c(Oc3ccnn4cc(C(=O)O)c(C)c34)ccc12. The molecule has 0 radical (unpaired) electrons. The number of carboxylic acid groups (broad SMARTS) is 1. The molecule has 7 nitrogen and oxygen atoms in total. The molecule has 0 saturated heterocycles. The zero-order valence-corrected chi connectivity index (χ0v) is 15.6. The molecule has 1 amide bonds. The van der Waals surface area contributed by atoms with E-state index >= 15 is 4.39 Å². The van der Waals surface area contributed by atoms with Gasteiger partial charge in [-0.3, -0.25) is 4.79 Å². The third-order valence-electron chi connectivity index (χ3n) is 4.77. The quantitative estimate of drug-likeness (QED) is 0.550. The Balaban J connectivity index is 1.84. The number of nitrogens with one attached hydrogen (secondary N) is 1. The number of carbonyl (C=O) groups excluding carboxylic acids is 1. The van der Waals surface area contributed by atoms with E-state index in [9.17, 15) is 14.7 Å². The maximum atomic E-state index is 15.2. The van der Waals surface area contributed by atoms with Gasteiger partial charge in [0.25, 0.3) is 5.91 Å². The zero-order valence-electron chi connectivity index (χ0n) is 15.6. The van der Waals surface area contributed by atoms with E-state index in [1.54, 1.807) is 37.3 Å². The highest BCUT2D eigenvalue weighted by molar-refractivity contribution is 6.07. The molecule has 4 rings (SSSR count).